The number of anilines is 1. The Morgan fingerprint density at radius 1 is 1.00 bits per heavy atom. The highest BCUT2D eigenvalue weighted by molar-refractivity contribution is 7.17. The molecule has 4 aromatic rings. The van der Waals surface area contributed by atoms with E-state index in [0.717, 1.165) is 4.57 Å². The molecule has 0 N–H and O–H groups in total. The van der Waals surface area contributed by atoms with E-state index in [4.69, 9.17) is 0 Å². The number of rotatable bonds is 5. The van der Waals surface area contributed by atoms with Crippen LogP contribution in [0.4, 0.5) is 10.1 Å². The number of carbonyl (C=O) groups is 1. The Balaban J connectivity index is 1.75. The molecule has 0 spiro atoms. The third-order valence-corrected chi connectivity index (χ3v) is 5.79. The summed E-state index contributed by atoms with van der Waals surface area (Å²) in [5, 5.41) is 1.72. The normalized spacial score (nSPS) is 11.0. The molecule has 0 radical (unpaired) electrons. The molecule has 0 saturated heterocycles. The van der Waals surface area contributed by atoms with Crippen molar-refractivity contribution in [2.75, 3.05) is 11.9 Å². The van der Waals surface area contributed by atoms with Crippen molar-refractivity contribution in [1.29, 1.82) is 0 Å². The van der Waals surface area contributed by atoms with E-state index in [1.165, 1.54) is 45.1 Å². The molecule has 2 aromatic carbocycles. The molecule has 2 aromatic heterocycles. The lowest BCUT2D eigenvalue weighted by Gasteiger charge is -2.19. The molecular weight excluding hydrogens is 405 g/mol. The van der Waals surface area contributed by atoms with Gasteiger partial charge in [0, 0.05) is 12.7 Å². The maximum Gasteiger partial charge on any atom is 0.332 e. The molecule has 1 amide bonds. The Morgan fingerprint density at radius 2 is 1.70 bits per heavy atom. The minimum Gasteiger partial charge on any atom is -0.314 e. The lowest BCUT2D eigenvalue weighted by atomic mass is 10.2. The van der Waals surface area contributed by atoms with Gasteiger partial charge in [0.25, 0.3) is 5.56 Å². The van der Waals surface area contributed by atoms with Crippen molar-refractivity contribution in [3.05, 3.63) is 98.3 Å². The van der Waals surface area contributed by atoms with Crippen LogP contribution in [0.1, 0.15) is 5.56 Å². The minimum atomic E-state index is -0.579. The van der Waals surface area contributed by atoms with Crippen molar-refractivity contribution < 1.29 is 9.18 Å². The first-order valence-electron chi connectivity index (χ1n) is 9.22. The zero-order chi connectivity index (χ0) is 21.3. The van der Waals surface area contributed by atoms with Gasteiger partial charge in [0.2, 0.25) is 5.91 Å². The maximum absolute atomic E-state index is 13.2. The Labute approximate surface area is 175 Å². The van der Waals surface area contributed by atoms with Gasteiger partial charge in [-0.15, -0.1) is 11.3 Å². The van der Waals surface area contributed by atoms with E-state index in [0.29, 0.717) is 21.5 Å². The van der Waals surface area contributed by atoms with Crippen LogP contribution in [0.2, 0.25) is 0 Å². The molecule has 0 aliphatic rings. The summed E-state index contributed by atoms with van der Waals surface area (Å²) in [6, 6.07) is 16.4. The Bertz CT molecular complexity index is 1320. The maximum atomic E-state index is 13.2. The van der Waals surface area contributed by atoms with Gasteiger partial charge < -0.3 is 4.90 Å². The highest BCUT2D eigenvalue weighted by Crippen LogP contribution is 2.17. The van der Waals surface area contributed by atoms with E-state index in [9.17, 15) is 18.8 Å². The first kappa shape index (κ1) is 19.8. The summed E-state index contributed by atoms with van der Waals surface area (Å²) >= 11 is 1.22. The van der Waals surface area contributed by atoms with Crippen molar-refractivity contribution in [2.24, 2.45) is 0 Å². The van der Waals surface area contributed by atoms with Crippen LogP contribution >= 0.6 is 11.3 Å². The van der Waals surface area contributed by atoms with E-state index >= 15 is 0 Å². The summed E-state index contributed by atoms with van der Waals surface area (Å²) in [6.07, 6.45) is 0. The van der Waals surface area contributed by atoms with Gasteiger partial charge in [-0.3, -0.25) is 18.7 Å². The van der Waals surface area contributed by atoms with E-state index in [-0.39, 0.29) is 19.0 Å². The van der Waals surface area contributed by atoms with E-state index in [1.54, 1.807) is 30.6 Å². The number of fused-ring (bicyclic) bond motifs is 1. The molecule has 0 saturated carbocycles. The van der Waals surface area contributed by atoms with Crippen LogP contribution in [0, 0.1) is 5.82 Å². The Morgan fingerprint density at radius 3 is 2.40 bits per heavy atom. The largest absolute Gasteiger partial charge is 0.332 e. The van der Waals surface area contributed by atoms with Gasteiger partial charge in [0.15, 0.2) is 0 Å². The molecule has 8 heteroatoms. The van der Waals surface area contributed by atoms with Crippen molar-refractivity contribution >= 4 is 33.1 Å². The second-order valence-electron chi connectivity index (χ2n) is 6.81. The van der Waals surface area contributed by atoms with Gasteiger partial charge in [-0.05, 0) is 41.3 Å². The number of halogens is 1. The number of hydrogen-bond acceptors (Lipinski definition) is 4. The fourth-order valence-corrected chi connectivity index (χ4v) is 4.08. The number of thiophene rings is 1. The average molecular weight is 423 g/mol. The van der Waals surface area contributed by atoms with E-state index in [2.05, 4.69) is 0 Å². The summed E-state index contributed by atoms with van der Waals surface area (Å²) in [5.74, 6) is -0.686. The second kappa shape index (κ2) is 8.08. The molecule has 0 fully saturated rings. The predicted octanol–water partition coefficient (Wildman–Crippen LogP) is 3.08. The molecule has 0 atom stereocenters. The highest BCUT2D eigenvalue weighted by atomic mass is 32.1. The number of hydrogen-bond donors (Lipinski definition) is 0. The van der Waals surface area contributed by atoms with Gasteiger partial charge in [-0.2, -0.15) is 0 Å². The third kappa shape index (κ3) is 3.69. The van der Waals surface area contributed by atoms with E-state index in [1.807, 2.05) is 18.2 Å². The number of amides is 1. The first-order chi connectivity index (χ1) is 14.5. The summed E-state index contributed by atoms with van der Waals surface area (Å²) in [6.45, 7) is -0.213. The number of carbonyl (C=O) groups excluding carboxylic acids is 1. The molecule has 0 unspecified atom stereocenters. The van der Waals surface area contributed by atoms with Crippen LogP contribution in [0.25, 0.3) is 10.2 Å². The lowest BCUT2D eigenvalue weighted by Crippen LogP contribution is -2.42. The van der Waals surface area contributed by atoms with Gasteiger partial charge in [-0.1, -0.05) is 30.3 Å². The standard InChI is InChI=1S/C22H18FN3O3S/c1-24(17-5-3-2-4-6-17)19(27)14-25-18-11-12-30-20(18)21(28)26(22(25)29)13-15-7-9-16(23)10-8-15/h2-12H,13-14H2,1H3. The number of para-hydroxylation sites is 1. The summed E-state index contributed by atoms with van der Waals surface area (Å²) < 4.78 is 16.0. The molecule has 2 heterocycles. The molecule has 152 valence electrons. The Kier molecular flexibility index (Phi) is 5.33. The zero-order valence-corrected chi connectivity index (χ0v) is 16.9. The molecule has 0 aliphatic carbocycles. The summed E-state index contributed by atoms with van der Waals surface area (Å²) in [4.78, 5) is 40.4. The van der Waals surface area contributed by atoms with Crippen molar-refractivity contribution in [1.82, 2.24) is 9.13 Å². The van der Waals surface area contributed by atoms with Crippen LogP contribution in [0.15, 0.2) is 75.6 Å². The molecule has 6 nitrogen and oxygen atoms in total. The molecule has 0 bridgehead atoms. The Hall–Kier alpha value is -3.52. The van der Waals surface area contributed by atoms with Crippen LogP contribution in [0.5, 0.6) is 0 Å². The molecular formula is C22H18FN3O3S. The van der Waals surface area contributed by atoms with Crippen molar-refractivity contribution in [2.45, 2.75) is 13.1 Å². The zero-order valence-electron chi connectivity index (χ0n) is 16.1. The van der Waals surface area contributed by atoms with Gasteiger partial charge in [-0.25, -0.2) is 9.18 Å². The van der Waals surface area contributed by atoms with Crippen LogP contribution in [-0.2, 0) is 17.9 Å². The number of aromatic nitrogens is 2. The SMILES string of the molecule is CN(C(=O)Cn1c(=O)n(Cc2ccc(F)cc2)c(=O)c2sccc21)c1ccccc1. The highest BCUT2D eigenvalue weighted by Gasteiger charge is 2.19. The average Bonchev–Trinajstić information content (AvgIpc) is 3.25. The smallest absolute Gasteiger partial charge is 0.314 e. The summed E-state index contributed by atoms with van der Waals surface area (Å²) in [7, 11) is 1.64. The van der Waals surface area contributed by atoms with Crippen LogP contribution < -0.4 is 16.1 Å². The van der Waals surface area contributed by atoms with Crippen LogP contribution in [-0.4, -0.2) is 22.1 Å². The monoisotopic (exact) mass is 423 g/mol. The molecule has 0 aliphatic heterocycles. The number of nitrogens with zero attached hydrogens (tertiary/aromatic N) is 3. The third-order valence-electron chi connectivity index (χ3n) is 4.90. The van der Waals surface area contributed by atoms with Crippen LogP contribution in [0.3, 0.4) is 0 Å². The fraction of sp³-hybridized carbons (Fsp3) is 0.136. The second-order valence-corrected chi connectivity index (χ2v) is 7.73. The number of benzene rings is 2. The predicted molar refractivity (Wildman–Crippen MR) is 116 cm³/mol. The van der Waals surface area contributed by atoms with Gasteiger partial charge >= 0.3 is 5.69 Å². The van der Waals surface area contributed by atoms with Gasteiger partial charge in [0.05, 0.1) is 12.1 Å². The lowest BCUT2D eigenvalue weighted by molar-refractivity contribution is -0.118. The van der Waals surface area contributed by atoms with Crippen molar-refractivity contribution in [3.8, 4) is 0 Å². The molecule has 4 rings (SSSR count). The quantitative estimate of drug-likeness (QED) is 0.496. The first-order valence-corrected chi connectivity index (χ1v) is 10.1. The minimum absolute atomic E-state index is 0.00545. The van der Waals surface area contributed by atoms with Gasteiger partial charge in [0.1, 0.15) is 17.1 Å². The molecule has 30 heavy (non-hydrogen) atoms. The summed E-state index contributed by atoms with van der Waals surface area (Å²) in [5.41, 5.74) is 0.752. The van der Waals surface area contributed by atoms with E-state index < -0.39 is 17.1 Å². The number of likely N-dealkylation sites (N-methyl/N-ethyl adjacent to an activating group) is 1. The topological polar surface area (TPSA) is 64.3 Å². The van der Waals surface area contributed by atoms with Crippen molar-refractivity contribution in [3.63, 3.8) is 0 Å². The fourth-order valence-electron chi connectivity index (χ4n) is 3.23.